The molecule has 2 aliphatic carbocycles. The van der Waals surface area contributed by atoms with Crippen molar-refractivity contribution < 1.29 is 0 Å². The summed E-state index contributed by atoms with van der Waals surface area (Å²) >= 11 is 0. The zero-order chi connectivity index (χ0) is 13.4. The molecule has 1 unspecified atom stereocenters. The lowest BCUT2D eigenvalue weighted by Gasteiger charge is -2.25. The van der Waals surface area contributed by atoms with Crippen LogP contribution in [0, 0.1) is 0 Å². The monoisotopic (exact) mass is 269 g/mol. The number of hydrogen-bond acceptors (Lipinski definition) is 0. The summed E-state index contributed by atoms with van der Waals surface area (Å²) in [5, 5.41) is 0. The molecule has 0 saturated heterocycles. The van der Waals surface area contributed by atoms with Crippen LogP contribution in [0.2, 0.25) is 13.1 Å². The zero-order valence-electron chi connectivity index (χ0n) is 12.5. The molecule has 0 aromatic heterocycles. The summed E-state index contributed by atoms with van der Waals surface area (Å²) in [7, 11) is -0.287. The standard InChI is InChI=1S/C18H25Si/c1-13-12-17-15(14-8-5-4-6-9-14)10-7-11-16(17)18(13)19(2)3/h7,10-12,14,18H,4-6,8-9H2,1-3H3. The van der Waals surface area contributed by atoms with Gasteiger partial charge in [-0.15, -0.1) is 0 Å². The van der Waals surface area contributed by atoms with E-state index in [2.05, 4.69) is 44.3 Å². The van der Waals surface area contributed by atoms with Crippen molar-refractivity contribution in [1.29, 1.82) is 0 Å². The molecule has 1 aromatic carbocycles. The molecule has 1 atom stereocenters. The van der Waals surface area contributed by atoms with E-state index >= 15 is 0 Å². The summed E-state index contributed by atoms with van der Waals surface area (Å²) in [5.74, 6) is 0.830. The Morgan fingerprint density at radius 3 is 2.37 bits per heavy atom. The Balaban J connectivity index is 2.01. The van der Waals surface area contributed by atoms with Crippen LogP contribution in [0.4, 0.5) is 0 Å². The predicted octanol–water partition coefficient (Wildman–Crippen LogP) is 5.53. The van der Waals surface area contributed by atoms with Crippen LogP contribution in [0.1, 0.15) is 67.2 Å². The third kappa shape index (κ3) is 2.33. The first kappa shape index (κ1) is 13.2. The normalized spacial score (nSPS) is 23.6. The SMILES string of the molecule is CC1=Cc2c(C3CCCCC3)cccc2C1[Si](C)C. The average Bonchev–Trinajstić information content (AvgIpc) is 2.75. The molecule has 3 rings (SSSR count). The van der Waals surface area contributed by atoms with Crippen molar-refractivity contribution in [2.24, 2.45) is 0 Å². The maximum Gasteiger partial charge on any atom is 0.0551 e. The maximum atomic E-state index is 2.50. The first-order valence-electron chi connectivity index (χ1n) is 7.79. The van der Waals surface area contributed by atoms with E-state index in [0.717, 1.165) is 11.5 Å². The Hall–Kier alpha value is -0.823. The van der Waals surface area contributed by atoms with Gasteiger partial charge in [-0.3, -0.25) is 0 Å². The van der Waals surface area contributed by atoms with Gasteiger partial charge in [-0.2, -0.15) is 0 Å². The number of rotatable bonds is 2. The summed E-state index contributed by atoms with van der Waals surface area (Å²) in [6.45, 7) is 7.25. The summed E-state index contributed by atoms with van der Waals surface area (Å²) in [6.07, 6.45) is 9.62. The van der Waals surface area contributed by atoms with E-state index in [1.54, 1.807) is 22.3 Å². The minimum absolute atomic E-state index is 0.287. The van der Waals surface area contributed by atoms with Crippen molar-refractivity contribution >= 4 is 14.9 Å². The molecule has 2 aliphatic rings. The van der Waals surface area contributed by atoms with E-state index in [-0.39, 0.29) is 8.80 Å². The number of allylic oxidation sites excluding steroid dienone is 1. The zero-order valence-corrected chi connectivity index (χ0v) is 13.5. The van der Waals surface area contributed by atoms with Gasteiger partial charge in [0.05, 0.1) is 8.80 Å². The van der Waals surface area contributed by atoms with E-state index in [0.29, 0.717) is 0 Å². The topological polar surface area (TPSA) is 0 Å². The molecule has 19 heavy (non-hydrogen) atoms. The first-order chi connectivity index (χ1) is 9.18. The highest BCUT2D eigenvalue weighted by Gasteiger charge is 2.29. The van der Waals surface area contributed by atoms with Gasteiger partial charge in [0.25, 0.3) is 0 Å². The molecule has 1 fully saturated rings. The fourth-order valence-corrected chi connectivity index (χ4v) is 5.98. The van der Waals surface area contributed by atoms with Gasteiger partial charge in [0.2, 0.25) is 0 Å². The van der Waals surface area contributed by atoms with Gasteiger partial charge in [-0.25, -0.2) is 0 Å². The van der Waals surface area contributed by atoms with Gasteiger partial charge >= 0.3 is 0 Å². The molecule has 0 N–H and O–H groups in total. The third-order valence-electron chi connectivity index (χ3n) is 4.93. The molecule has 1 aromatic rings. The van der Waals surface area contributed by atoms with Gasteiger partial charge in [0, 0.05) is 0 Å². The van der Waals surface area contributed by atoms with Crippen LogP contribution in [0.3, 0.4) is 0 Å². The van der Waals surface area contributed by atoms with E-state index in [1.807, 2.05) is 0 Å². The number of hydrogen-bond donors (Lipinski definition) is 0. The Morgan fingerprint density at radius 2 is 1.68 bits per heavy atom. The Labute approximate surface area is 119 Å². The highest BCUT2D eigenvalue weighted by Crippen LogP contribution is 2.43. The molecule has 1 radical (unpaired) electrons. The van der Waals surface area contributed by atoms with Crippen LogP contribution in [0.25, 0.3) is 6.08 Å². The lowest BCUT2D eigenvalue weighted by Crippen LogP contribution is -2.15. The maximum absolute atomic E-state index is 2.50. The van der Waals surface area contributed by atoms with E-state index in [9.17, 15) is 0 Å². The van der Waals surface area contributed by atoms with Crippen LogP contribution >= 0.6 is 0 Å². The van der Waals surface area contributed by atoms with Gasteiger partial charge in [-0.1, -0.05) is 62.2 Å². The third-order valence-corrected chi connectivity index (χ3v) is 6.86. The number of fused-ring (bicyclic) bond motifs is 1. The summed E-state index contributed by atoms with van der Waals surface area (Å²) in [6, 6.07) is 7.10. The highest BCUT2D eigenvalue weighted by molar-refractivity contribution is 6.58. The number of benzene rings is 1. The Bertz CT molecular complexity index is 492. The Kier molecular flexibility index (Phi) is 3.66. The van der Waals surface area contributed by atoms with Crippen LogP contribution < -0.4 is 0 Å². The molecular weight excluding hydrogens is 244 g/mol. The van der Waals surface area contributed by atoms with Crippen LogP contribution in [0.5, 0.6) is 0 Å². The van der Waals surface area contributed by atoms with Crippen molar-refractivity contribution in [1.82, 2.24) is 0 Å². The second-order valence-corrected chi connectivity index (χ2v) is 9.32. The smallest absolute Gasteiger partial charge is 0.0551 e. The summed E-state index contributed by atoms with van der Waals surface area (Å²) in [4.78, 5) is 0. The van der Waals surface area contributed by atoms with Gasteiger partial charge in [0.1, 0.15) is 0 Å². The summed E-state index contributed by atoms with van der Waals surface area (Å²) in [5.41, 5.74) is 7.26. The molecule has 1 saturated carbocycles. The van der Waals surface area contributed by atoms with Crippen molar-refractivity contribution in [2.75, 3.05) is 0 Å². The van der Waals surface area contributed by atoms with Crippen molar-refractivity contribution in [3.8, 4) is 0 Å². The lowest BCUT2D eigenvalue weighted by molar-refractivity contribution is 0.443. The van der Waals surface area contributed by atoms with Crippen molar-refractivity contribution in [3.63, 3.8) is 0 Å². The molecule has 0 heterocycles. The minimum atomic E-state index is -0.287. The molecule has 1 heteroatoms. The molecule has 0 nitrogen and oxygen atoms in total. The molecule has 0 amide bonds. The molecule has 101 valence electrons. The fourth-order valence-electron chi connectivity index (χ4n) is 4.11. The molecular formula is C18H25Si. The summed E-state index contributed by atoms with van der Waals surface area (Å²) < 4.78 is 0. The first-order valence-corrected chi connectivity index (χ1v) is 10.4. The fraction of sp³-hybridized carbons (Fsp3) is 0.556. The second kappa shape index (κ2) is 5.28. The molecule has 0 spiro atoms. The van der Waals surface area contributed by atoms with Gasteiger partial charge in [0.15, 0.2) is 0 Å². The van der Waals surface area contributed by atoms with Crippen molar-refractivity contribution in [2.45, 2.75) is 63.6 Å². The lowest BCUT2D eigenvalue weighted by atomic mass is 9.81. The second-order valence-electron chi connectivity index (χ2n) is 6.58. The van der Waals surface area contributed by atoms with Crippen LogP contribution in [0.15, 0.2) is 23.8 Å². The minimum Gasteiger partial charge on any atom is -0.0705 e. The van der Waals surface area contributed by atoms with E-state index in [1.165, 1.54) is 32.1 Å². The van der Waals surface area contributed by atoms with Crippen LogP contribution in [-0.4, -0.2) is 8.80 Å². The van der Waals surface area contributed by atoms with E-state index < -0.39 is 0 Å². The van der Waals surface area contributed by atoms with Crippen LogP contribution in [-0.2, 0) is 0 Å². The van der Waals surface area contributed by atoms with Crippen molar-refractivity contribution in [3.05, 3.63) is 40.5 Å². The van der Waals surface area contributed by atoms with Gasteiger partial charge < -0.3 is 0 Å². The predicted molar refractivity (Wildman–Crippen MR) is 86.1 cm³/mol. The van der Waals surface area contributed by atoms with Gasteiger partial charge in [-0.05, 0) is 47.9 Å². The molecule has 0 aliphatic heterocycles. The largest absolute Gasteiger partial charge is 0.0705 e. The Morgan fingerprint density at radius 1 is 1.00 bits per heavy atom. The average molecular weight is 269 g/mol. The molecule has 0 bridgehead atoms. The highest BCUT2D eigenvalue weighted by atomic mass is 28.3. The quantitative estimate of drug-likeness (QED) is 0.619. The van der Waals surface area contributed by atoms with E-state index in [4.69, 9.17) is 0 Å².